The molecule has 0 radical (unpaired) electrons. The van der Waals surface area contributed by atoms with E-state index in [1.54, 1.807) is 7.11 Å². The van der Waals surface area contributed by atoms with E-state index < -0.39 is 0 Å². The molecule has 1 heterocycles. The van der Waals surface area contributed by atoms with Crippen molar-refractivity contribution >= 4 is 11.6 Å². The van der Waals surface area contributed by atoms with Crippen molar-refractivity contribution < 1.29 is 4.74 Å². The Bertz CT molecular complexity index is 307. The average molecular weight is 243 g/mol. The Hall–Kier alpha value is -0.800. The molecule has 0 saturated carbocycles. The van der Waals surface area contributed by atoms with Gasteiger partial charge in [-0.1, -0.05) is 13.0 Å². The number of aromatic nitrogens is 1. The minimum absolute atomic E-state index is 0.600. The lowest BCUT2D eigenvalue weighted by molar-refractivity contribution is 0.395. The fourth-order valence-corrected chi connectivity index (χ4v) is 1.78. The topological polar surface area (TPSA) is 34.1 Å². The van der Waals surface area contributed by atoms with E-state index in [1.807, 2.05) is 18.2 Å². The first-order valence-corrected chi connectivity index (χ1v) is 6.06. The summed E-state index contributed by atoms with van der Waals surface area (Å²) in [6.45, 7) is 3.92. The molecule has 0 bridgehead atoms. The van der Waals surface area contributed by atoms with Gasteiger partial charge in [-0.05, 0) is 24.9 Å². The van der Waals surface area contributed by atoms with Crippen molar-refractivity contribution in [2.45, 2.75) is 19.9 Å². The van der Waals surface area contributed by atoms with Gasteiger partial charge in [-0.25, -0.2) is 4.98 Å². The van der Waals surface area contributed by atoms with E-state index in [2.05, 4.69) is 17.2 Å². The summed E-state index contributed by atoms with van der Waals surface area (Å²) in [6.07, 6.45) is 1.04. The summed E-state index contributed by atoms with van der Waals surface area (Å²) < 4.78 is 5.06. The summed E-state index contributed by atoms with van der Waals surface area (Å²) in [4.78, 5) is 4.32. The van der Waals surface area contributed by atoms with E-state index in [9.17, 15) is 0 Å². The zero-order valence-corrected chi connectivity index (χ0v) is 10.6. The molecule has 0 fully saturated rings. The number of alkyl halides is 1. The van der Waals surface area contributed by atoms with Gasteiger partial charge < -0.3 is 10.1 Å². The molecule has 1 rings (SSSR count). The van der Waals surface area contributed by atoms with Gasteiger partial charge in [-0.2, -0.15) is 0 Å². The van der Waals surface area contributed by atoms with Crippen molar-refractivity contribution in [3.05, 3.63) is 23.9 Å². The zero-order valence-electron chi connectivity index (χ0n) is 9.87. The lowest BCUT2D eigenvalue weighted by Gasteiger charge is -2.10. The fourth-order valence-electron chi connectivity index (χ4n) is 1.40. The molecule has 0 aliphatic rings. The van der Waals surface area contributed by atoms with Crippen LogP contribution in [0.2, 0.25) is 0 Å². The molecule has 1 unspecified atom stereocenters. The van der Waals surface area contributed by atoms with Crippen LogP contribution in [0.15, 0.2) is 18.2 Å². The highest BCUT2D eigenvalue weighted by atomic mass is 35.5. The van der Waals surface area contributed by atoms with E-state index in [0.717, 1.165) is 31.1 Å². The van der Waals surface area contributed by atoms with E-state index in [0.29, 0.717) is 11.8 Å². The van der Waals surface area contributed by atoms with Crippen LogP contribution in [0.5, 0.6) is 5.88 Å². The second-order valence-corrected chi connectivity index (χ2v) is 4.26. The highest BCUT2D eigenvalue weighted by Gasteiger charge is 2.01. The average Bonchev–Trinajstić information content (AvgIpc) is 2.30. The van der Waals surface area contributed by atoms with Gasteiger partial charge in [0.25, 0.3) is 0 Å². The first-order chi connectivity index (χ1) is 7.76. The Balaban J connectivity index is 2.31. The third kappa shape index (κ3) is 4.81. The lowest BCUT2D eigenvalue weighted by atomic mass is 10.1. The number of nitrogens with one attached hydrogen (secondary N) is 1. The molecule has 0 aliphatic heterocycles. The van der Waals surface area contributed by atoms with Gasteiger partial charge in [-0.15, -0.1) is 11.6 Å². The van der Waals surface area contributed by atoms with E-state index in [4.69, 9.17) is 16.3 Å². The monoisotopic (exact) mass is 242 g/mol. The van der Waals surface area contributed by atoms with Crippen LogP contribution < -0.4 is 10.1 Å². The van der Waals surface area contributed by atoms with Crippen LogP contribution in [0.25, 0.3) is 0 Å². The smallest absolute Gasteiger partial charge is 0.213 e. The summed E-state index contributed by atoms with van der Waals surface area (Å²) in [6, 6.07) is 5.78. The van der Waals surface area contributed by atoms with Crippen LogP contribution in [0, 0.1) is 5.92 Å². The van der Waals surface area contributed by atoms with Gasteiger partial charge in [0.05, 0.1) is 12.8 Å². The zero-order chi connectivity index (χ0) is 11.8. The molecule has 1 aromatic rings. The SMILES string of the molecule is COc1cccc(CNCC(C)CCCl)n1. The molecule has 4 heteroatoms. The quantitative estimate of drug-likeness (QED) is 0.746. The molecule has 0 aromatic carbocycles. The van der Waals surface area contributed by atoms with Crippen LogP contribution in [-0.4, -0.2) is 24.5 Å². The van der Waals surface area contributed by atoms with Crippen molar-refractivity contribution in [3.8, 4) is 5.88 Å². The number of hydrogen-bond donors (Lipinski definition) is 1. The van der Waals surface area contributed by atoms with E-state index in [-0.39, 0.29) is 0 Å². The summed E-state index contributed by atoms with van der Waals surface area (Å²) in [5.74, 6) is 1.98. The second-order valence-electron chi connectivity index (χ2n) is 3.89. The molecule has 0 aliphatic carbocycles. The van der Waals surface area contributed by atoms with E-state index in [1.165, 1.54) is 0 Å². The summed E-state index contributed by atoms with van der Waals surface area (Å²) in [7, 11) is 1.63. The molecule has 1 N–H and O–H groups in total. The Kier molecular flexibility index (Phi) is 6.19. The number of ether oxygens (including phenoxy) is 1. The highest BCUT2D eigenvalue weighted by Crippen LogP contribution is 2.07. The predicted octanol–water partition coefficient (Wildman–Crippen LogP) is 2.44. The number of nitrogens with zero attached hydrogens (tertiary/aromatic N) is 1. The van der Waals surface area contributed by atoms with Crippen LogP contribution >= 0.6 is 11.6 Å². The largest absolute Gasteiger partial charge is 0.481 e. The number of methoxy groups -OCH3 is 1. The number of hydrogen-bond acceptors (Lipinski definition) is 3. The summed E-state index contributed by atoms with van der Waals surface area (Å²) in [5.41, 5.74) is 0.998. The maximum Gasteiger partial charge on any atom is 0.213 e. The minimum atomic E-state index is 0.600. The van der Waals surface area contributed by atoms with E-state index >= 15 is 0 Å². The van der Waals surface area contributed by atoms with Crippen molar-refractivity contribution in [1.82, 2.24) is 10.3 Å². The van der Waals surface area contributed by atoms with Crippen LogP contribution in [-0.2, 0) is 6.54 Å². The van der Waals surface area contributed by atoms with Crippen LogP contribution in [0.1, 0.15) is 19.0 Å². The normalized spacial score (nSPS) is 12.4. The van der Waals surface area contributed by atoms with Gasteiger partial charge in [0.15, 0.2) is 0 Å². The fraction of sp³-hybridized carbons (Fsp3) is 0.583. The molecule has 3 nitrogen and oxygen atoms in total. The van der Waals surface area contributed by atoms with Crippen LogP contribution in [0.3, 0.4) is 0 Å². The lowest BCUT2D eigenvalue weighted by Crippen LogP contribution is -2.21. The summed E-state index contributed by atoms with van der Waals surface area (Å²) in [5, 5.41) is 3.36. The van der Waals surface area contributed by atoms with Gasteiger partial charge in [-0.3, -0.25) is 0 Å². The van der Waals surface area contributed by atoms with Crippen molar-refractivity contribution in [2.24, 2.45) is 5.92 Å². The summed E-state index contributed by atoms with van der Waals surface area (Å²) >= 11 is 5.68. The van der Waals surface area contributed by atoms with Crippen molar-refractivity contribution in [1.29, 1.82) is 0 Å². The number of pyridine rings is 1. The standard InChI is InChI=1S/C12H19ClN2O/c1-10(6-7-13)8-14-9-11-4-3-5-12(15-11)16-2/h3-5,10,14H,6-9H2,1-2H3. The molecule has 0 saturated heterocycles. The molecule has 0 spiro atoms. The Morgan fingerprint density at radius 3 is 3.00 bits per heavy atom. The van der Waals surface area contributed by atoms with Gasteiger partial charge in [0, 0.05) is 18.5 Å². The van der Waals surface area contributed by atoms with Crippen molar-refractivity contribution in [2.75, 3.05) is 19.5 Å². The molecule has 0 amide bonds. The van der Waals surface area contributed by atoms with Crippen LogP contribution in [0.4, 0.5) is 0 Å². The third-order valence-corrected chi connectivity index (χ3v) is 2.61. The molecule has 1 atom stereocenters. The van der Waals surface area contributed by atoms with Gasteiger partial charge >= 0.3 is 0 Å². The second kappa shape index (κ2) is 7.47. The first kappa shape index (κ1) is 13.3. The number of rotatable bonds is 7. The van der Waals surface area contributed by atoms with Gasteiger partial charge in [0.1, 0.15) is 0 Å². The number of halogens is 1. The molecule has 1 aromatic heterocycles. The van der Waals surface area contributed by atoms with Crippen molar-refractivity contribution in [3.63, 3.8) is 0 Å². The molecular formula is C12H19ClN2O. The third-order valence-electron chi connectivity index (χ3n) is 2.39. The van der Waals surface area contributed by atoms with Gasteiger partial charge in [0.2, 0.25) is 5.88 Å². The maximum atomic E-state index is 5.68. The minimum Gasteiger partial charge on any atom is -0.481 e. The Morgan fingerprint density at radius 2 is 2.31 bits per heavy atom. The maximum absolute atomic E-state index is 5.68. The molecular weight excluding hydrogens is 224 g/mol. The Morgan fingerprint density at radius 1 is 1.50 bits per heavy atom. The highest BCUT2D eigenvalue weighted by molar-refractivity contribution is 6.17. The molecule has 90 valence electrons. The first-order valence-electron chi connectivity index (χ1n) is 5.53. The predicted molar refractivity (Wildman–Crippen MR) is 67.0 cm³/mol. The Labute approximate surface area is 102 Å². The molecule has 16 heavy (non-hydrogen) atoms.